The number of hydrogen-bond acceptors (Lipinski definition) is 5. The summed E-state index contributed by atoms with van der Waals surface area (Å²) in [4.78, 5) is 36.6. The molecule has 154 valence electrons. The minimum atomic E-state index is -0.840. The Morgan fingerprint density at radius 1 is 0.897 bits per heavy atom. The van der Waals surface area contributed by atoms with E-state index in [4.69, 9.17) is 9.47 Å². The number of rotatable bonds is 9. The number of carbonyl (C=O) groups excluding carboxylic acids is 3. The molecular formula is C21H25N3O5. The van der Waals surface area contributed by atoms with E-state index in [1.54, 1.807) is 44.6 Å². The average molecular weight is 399 g/mol. The minimum absolute atomic E-state index is 0.252. The first kappa shape index (κ1) is 21.9. The van der Waals surface area contributed by atoms with Crippen LogP contribution in [-0.2, 0) is 20.9 Å². The van der Waals surface area contributed by atoms with Gasteiger partial charge < -0.3 is 25.4 Å². The molecule has 0 atom stereocenters. The molecule has 0 aromatic heterocycles. The van der Waals surface area contributed by atoms with Crippen LogP contribution in [0.1, 0.15) is 22.3 Å². The molecule has 0 radical (unpaired) electrons. The molecule has 2 aromatic rings. The van der Waals surface area contributed by atoms with Crippen molar-refractivity contribution >= 4 is 23.4 Å². The van der Waals surface area contributed by atoms with Gasteiger partial charge in [-0.15, -0.1) is 0 Å². The Hall–Kier alpha value is -3.39. The number of methoxy groups -OCH3 is 2. The highest BCUT2D eigenvalue weighted by atomic mass is 16.5. The van der Waals surface area contributed by atoms with Gasteiger partial charge in [-0.25, -0.2) is 0 Å². The maximum Gasteiger partial charge on any atom is 0.313 e. The summed E-state index contributed by atoms with van der Waals surface area (Å²) in [6.45, 7) is 1.06. The Bertz CT molecular complexity index is 854. The second-order valence-electron chi connectivity index (χ2n) is 6.10. The molecule has 3 N–H and O–H groups in total. The molecule has 0 saturated carbocycles. The molecule has 0 saturated heterocycles. The maximum atomic E-state index is 12.6. The monoisotopic (exact) mass is 399 g/mol. The van der Waals surface area contributed by atoms with E-state index in [1.165, 1.54) is 0 Å². The van der Waals surface area contributed by atoms with E-state index < -0.39 is 11.8 Å². The van der Waals surface area contributed by atoms with Crippen LogP contribution in [0.15, 0.2) is 48.5 Å². The summed E-state index contributed by atoms with van der Waals surface area (Å²) in [6, 6.07) is 13.8. The number of ether oxygens (including phenoxy) is 2. The Labute approximate surface area is 169 Å². The summed E-state index contributed by atoms with van der Waals surface area (Å²) in [5.41, 5.74) is 1.32. The lowest BCUT2D eigenvalue weighted by Crippen LogP contribution is -2.36. The third-order valence-corrected chi connectivity index (χ3v) is 4.07. The molecule has 0 heterocycles. The Balaban J connectivity index is 1.99. The molecule has 8 nitrogen and oxygen atoms in total. The largest absolute Gasteiger partial charge is 0.496 e. The van der Waals surface area contributed by atoms with Crippen LogP contribution >= 0.6 is 0 Å². The van der Waals surface area contributed by atoms with Crippen molar-refractivity contribution in [1.82, 2.24) is 10.6 Å². The molecule has 2 aromatic carbocycles. The van der Waals surface area contributed by atoms with Gasteiger partial charge in [-0.3, -0.25) is 14.4 Å². The van der Waals surface area contributed by atoms with Gasteiger partial charge in [-0.2, -0.15) is 0 Å². The molecule has 3 amide bonds. The van der Waals surface area contributed by atoms with Gasteiger partial charge >= 0.3 is 11.8 Å². The lowest BCUT2D eigenvalue weighted by molar-refractivity contribution is -0.136. The van der Waals surface area contributed by atoms with E-state index >= 15 is 0 Å². The molecule has 0 bridgehead atoms. The molecule has 29 heavy (non-hydrogen) atoms. The fourth-order valence-corrected chi connectivity index (χ4v) is 2.59. The second kappa shape index (κ2) is 11.5. The summed E-state index contributed by atoms with van der Waals surface area (Å²) >= 11 is 0. The number of nitrogens with one attached hydrogen (secondary N) is 3. The number of anilines is 1. The highest BCUT2D eigenvalue weighted by molar-refractivity contribution is 6.40. The molecule has 2 rings (SSSR count). The first-order chi connectivity index (χ1) is 14.1. The van der Waals surface area contributed by atoms with Gasteiger partial charge in [0.25, 0.3) is 5.91 Å². The molecule has 0 unspecified atom stereocenters. The summed E-state index contributed by atoms with van der Waals surface area (Å²) in [7, 11) is 3.12. The summed E-state index contributed by atoms with van der Waals surface area (Å²) in [5, 5.41) is 7.78. The topological polar surface area (TPSA) is 106 Å². The van der Waals surface area contributed by atoms with Crippen molar-refractivity contribution in [3.05, 3.63) is 59.7 Å². The highest BCUT2D eigenvalue weighted by Crippen LogP contribution is 2.18. The zero-order valence-corrected chi connectivity index (χ0v) is 16.5. The van der Waals surface area contributed by atoms with E-state index in [9.17, 15) is 14.4 Å². The second-order valence-corrected chi connectivity index (χ2v) is 6.10. The highest BCUT2D eigenvalue weighted by Gasteiger charge is 2.17. The third-order valence-electron chi connectivity index (χ3n) is 4.07. The van der Waals surface area contributed by atoms with Crippen LogP contribution in [0.2, 0.25) is 0 Å². The van der Waals surface area contributed by atoms with Gasteiger partial charge in [0, 0.05) is 32.4 Å². The van der Waals surface area contributed by atoms with E-state index in [2.05, 4.69) is 16.0 Å². The SMILES string of the molecule is COCCCNC(=O)C(=O)Nc1ccccc1C(=O)NCc1ccccc1OC. The zero-order valence-electron chi connectivity index (χ0n) is 16.5. The first-order valence-corrected chi connectivity index (χ1v) is 9.14. The van der Waals surface area contributed by atoms with Crippen LogP contribution in [0.4, 0.5) is 5.69 Å². The number of carbonyl (C=O) groups is 3. The van der Waals surface area contributed by atoms with Crippen LogP contribution < -0.4 is 20.7 Å². The molecule has 0 aliphatic carbocycles. The summed E-state index contributed by atoms with van der Waals surface area (Å²) in [5.74, 6) is -1.33. The number of para-hydroxylation sites is 2. The van der Waals surface area contributed by atoms with Crippen LogP contribution in [0.5, 0.6) is 5.75 Å². The lowest BCUT2D eigenvalue weighted by atomic mass is 10.1. The van der Waals surface area contributed by atoms with Gasteiger partial charge in [-0.1, -0.05) is 30.3 Å². The molecule has 0 fully saturated rings. The van der Waals surface area contributed by atoms with E-state index in [0.29, 0.717) is 25.3 Å². The molecular weight excluding hydrogens is 374 g/mol. The zero-order chi connectivity index (χ0) is 21.1. The van der Waals surface area contributed by atoms with Crippen molar-refractivity contribution in [2.45, 2.75) is 13.0 Å². The van der Waals surface area contributed by atoms with Crippen LogP contribution in [-0.4, -0.2) is 45.1 Å². The van der Waals surface area contributed by atoms with Gasteiger partial charge in [0.1, 0.15) is 5.75 Å². The van der Waals surface area contributed by atoms with Gasteiger partial charge in [0.05, 0.1) is 18.4 Å². The fourth-order valence-electron chi connectivity index (χ4n) is 2.59. The summed E-state index contributed by atoms with van der Waals surface area (Å²) < 4.78 is 10.2. The van der Waals surface area contributed by atoms with Crippen LogP contribution in [0, 0.1) is 0 Å². The molecule has 0 aliphatic rings. The fraction of sp³-hybridized carbons (Fsp3) is 0.286. The van der Waals surface area contributed by atoms with E-state index in [1.807, 2.05) is 18.2 Å². The van der Waals surface area contributed by atoms with Crippen molar-refractivity contribution in [2.24, 2.45) is 0 Å². The van der Waals surface area contributed by atoms with Gasteiger partial charge in [0.2, 0.25) is 0 Å². The minimum Gasteiger partial charge on any atom is -0.496 e. The predicted molar refractivity (Wildman–Crippen MR) is 109 cm³/mol. The van der Waals surface area contributed by atoms with Crippen molar-refractivity contribution in [3.63, 3.8) is 0 Å². The smallest absolute Gasteiger partial charge is 0.313 e. The van der Waals surface area contributed by atoms with Gasteiger partial charge in [-0.05, 0) is 24.6 Å². The maximum absolute atomic E-state index is 12.6. The number of benzene rings is 2. The Kier molecular flexibility index (Phi) is 8.65. The first-order valence-electron chi connectivity index (χ1n) is 9.14. The summed E-state index contributed by atoms with van der Waals surface area (Å²) in [6.07, 6.45) is 0.595. The Morgan fingerprint density at radius 2 is 1.62 bits per heavy atom. The normalized spacial score (nSPS) is 10.1. The average Bonchev–Trinajstić information content (AvgIpc) is 2.75. The van der Waals surface area contributed by atoms with E-state index in [0.717, 1.165) is 5.56 Å². The van der Waals surface area contributed by atoms with Gasteiger partial charge in [0.15, 0.2) is 0 Å². The number of hydrogen-bond donors (Lipinski definition) is 3. The number of amides is 3. The predicted octanol–water partition coefficient (Wildman–Crippen LogP) is 1.72. The quantitative estimate of drug-likeness (QED) is 0.440. The molecule has 0 aliphatic heterocycles. The van der Waals surface area contributed by atoms with Crippen molar-refractivity contribution in [2.75, 3.05) is 32.7 Å². The molecule has 8 heteroatoms. The van der Waals surface area contributed by atoms with Crippen molar-refractivity contribution < 1.29 is 23.9 Å². The standard InChI is InChI=1S/C21H25N3O5/c1-28-13-7-12-22-20(26)21(27)24-17-10-5-4-9-16(17)19(25)23-14-15-8-3-6-11-18(15)29-2/h3-6,8-11H,7,12-14H2,1-2H3,(H,22,26)(H,23,25)(H,24,27). The lowest BCUT2D eigenvalue weighted by Gasteiger charge is -2.13. The Morgan fingerprint density at radius 3 is 2.38 bits per heavy atom. The molecule has 0 spiro atoms. The van der Waals surface area contributed by atoms with E-state index in [-0.39, 0.29) is 23.7 Å². The van der Waals surface area contributed by atoms with Crippen LogP contribution in [0.25, 0.3) is 0 Å². The third kappa shape index (κ3) is 6.62. The van der Waals surface area contributed by atoms with Crippen molar-refractivity contribution in [1.29, 1.82) is 0 Å². The van der Waals surface area contributed by atoms with Crippen LogP contribution in [0.3, 0.4) is 0 Å². The van der Waals surface area contributed by atoms with Crippen molar-refractivity contribution in [3.8, 4) is 5.75 Å².